The number of benzene rings is 2. The van der Waals surface area contributed by atoms with E-state index in [1.807, 2.05) is 30.3 Å². The second kappa shape index (κ2) is 12.7. The van der Waals surface area contributed by atoms with Gasteiger partial charge in [0.25, 0.3) is 5.91 Å². The summed E-state index contributed by atoms with van der Waals surface area (Å²) in [5, 5.41) is 27.3. The molecule has 10 nitrogen and oxygen atoms in total. The van der Waals surface area contributed by atoms with E-state index >= 15 is 0 Å². The normalized spacial score (nSPS) is 28.3. The van der Waals surface area contributed by atoms with Gasteiger partial charge in [-0.25, -0.2) is 0 Å². The van der Waals surface area contributed by atoms with Crippen LogP contribution in [0, 0.1) is 11.8 Å². The van der Waals surface area contributed by atoms with Crippen molar-refractivity contribution in [3.8, 4) is 5.75 Å². The van der Waals surface area contributed by atoms with Gasteiger partial charge in [0, 0.05) is 14.1 Å². The minimum atomic E-state index is -1.27. The molecule has 6 atom stereocenters. The summed E-state index contributed by atoms with van der Waals surface area (Å²) in [6.07, 6.45) is 1.50. The molecular formula is C31H40N4O6. The Morgan fingerprint density at radius 3 is 2.20 bits per heavy atom. The van der Waals surface area contributed by atoms with Crippen LogP contribution in [0.4, 0.5) is 0 Å². The Morgan fingerprint density at radius 1 is 0.951 bits per heavy atom. The zero-order valence-corrected chi connectivity index (χ0v) is 24.0. The Morgan fingerprint density at radius 2 is 1.59 bits per heavy atom. The molecule has 1 aliphatic heterocycles. The summed E-state index contributed by atoms with van der Waals surface area (Å²) in [6.45, 7) is 3.26. The smallest absolute Gasteiger partial charge is 0.255 e. The lowest BCUT2D eigenvalue weighted by molar-refractivity contribution is -0.154. The first-order valence-electron chi connectivity index (χ1n) is 14.2. The number of nitrogens with one attached hydrogen (secondary N) is 2. The monoisotopic (exact) mass is 564 g/mol. The number of carbonyl (C=O) groups is 4. The van der Waals surface area contributed by atoms with E-state index in [4.69, 9.17) is 0 Å². The molecule has 41 heavy (non-hydrogen) atoms. The fraction of sp³-hybridized carbons (Fsp3) is 0.484. The zero-order valence-electron chi connectivity index (χ0n) is 24.0. The molecule has 1 aliphatic carbocycles. The predicted molar refractivity (Wildman–Crippen MR) is 153 cm³/mol. The molecule has 220 valence electrons. The average molecular weight is 565 g/mol. The van der Waals surface area contributed by atoms with E-state index in [0.29, 0.717) is 0 Å². The Labute approximate surface area is 240 Å². The topological polar surface area (TPSA) is 139 Å². The van der Waals surface area contributed by atoms with Crippen molar-refractivity contribution in [3.63, 3.8) is 0 Å². The zero-order chi connectivity index (χ0) is 29.8. The van der Waals surface area contributed by atoms with Crippen LogP contribution in [-0.2, 0) is 20.8 Å². The minimum Gasteiger partial charge on any atom is -0.507 e. The highest BCUT2D eigenvalue weighted by atomic mass is 16.3. The van der Waals surface area contributed by atoms with E-state index in [0.717, 1.165) is 24.8 Å². The minimum absolute atomic E-state index is 0.0141. The number of para-hydroxylation sites is 1. The summed E-state index contributed by atoms with van der Waals surface area (Å²) in [7, 11) is 3.16. The van der Waals surface area contributed by atoms with E-state index in [1.165, 1.54) is 21.9 Å². The van der Waals surface area contributed by atoms with Gasteiger partial charge in [0.05, 0.1) is 29.7 Å². The van der Waals surface area contributed by atoms with Gasteiger partial charge < -0.3 is 30.6 Å². The number of hydrogen-bond acceptors (Lipinski definition) is 6. The maximum absolute atomic E-state index is 13.9. The largest absolute Gasteiger partial charge is 0.507 e. The quantitative estimate of drug-likeness (QED) is 0.436. The Bertz CT molecular complexity index is 1270. The molecule has 2 fully saturated rings. The first-order valence-corrected chi connectivity index (χ1v) is 14.2. The number of aliphatic hydroxyl groups excluding tert-OH is 1. The summed E-state index contributed by atoms with van der Waals surface area (Å²) < 4.78 is 0. The maximum Gasteiger partial charge on any atom is 0.255 e. The van der Waals surface area contributed by atoms with Gasteiger partial charge in [0.2, 0.25) is 17.7 Å². The lowest BCUT2D eigenvalue weighted by Crippen LogP contribution is -2.65. The van der Waals surface area contributed by atoms with Crippen LogP contribution in [0.15, 0.2) is 54.6 Å². The third-order valence-electron chi connectivity index (χ3n) is 8.71. The standard InChI is InChI=1S/C31H40N4O6/c1-18-27(37)23(17-20-11-6-5-7-12-20)32-29(39)25(33-28(38)22-15-8-9-16-24(22)36)19(2)34(3)31(41)26(21-13-10-14-21)35(4)30(18)40/h5-9,11-12,15-16,18-19,21,23,25-27,36-37H,10,13-14,17H2,1-4H3,(H,32,39)(H,33,38)/t18-,19-,23+,25+,26?,27+/m1/s1. The van der Waals surface area contributed by atoms with Crippen molar-refractivity contribution in [2.24, 2.45) is 11.8 Å². The molecule has 0 spiro atoms. The number of nitrogens with zero attached hydrogens (tertiary/aromatic N) is 2. The molecule has 4 N–H and O–H groups in total. The molecule has 4 rings (SSSR count). The first kappa shape index (κ1) is 30.0. The second-order valence-electron chi connectivity index (χ2n) is 11.3. The van der Waals surface area contributed by atoms with Gasteiger partial charge in [-0.15, -0.1) is 0 Å². The van der Waals surface area contributed by atoms with E-state index in [2.05, 4.69) is 10.6 Å². The summed E-state index contributed by atoms with van der Waals surface area (Å²) in [6, 6.07) is 11.6. The molecule has 10 heteroatoms. The van der Waals surface area contributed by atoms with Crippen LogP contribution < -0.4 is 10.6 Å². The molecule has 0 radical (unpaired) electrons. The Kier molecular flexibility index (Phi) is 9.32. The second-order valence-corrected chi connectivity index (χ2v) is 11.3. The van der Waals surface area contributed by atoms with Crippen LogP contribution in [0.1, 0.15) is 49.0 Å². The van der Waals surface area contributed by atoms with Gasteiger partial charge in [0.1, 0.15) is 17.8 Å². The molecular weight excluding hydrogens is 524 g/mol. The van der Waals surface area contributed by atoms with Gasteiger partial charge in [-0.2, -0.15) is 0 Å². The lowest BCUT2D eigenvalue weighted by Gasteiger charge is -2.44. The Hall–Kier alpha value is -3.92. The third kappa shape index (κ3) is 6.37. The highest BCUT2D eigenvalue weighted by Crippen LogP contribution is 2.34. The fourth-order valence-electron chi connectivity index (χ4n) is 5.71. The van der Waals surface area contributed by atoms with Crippen molar-refractivity contribution in [2.75, 3.05) is 14.1 Å². The molecule has 0 bridgehead atoms. The molecule has 2 aliphatic rings. The van der Waals surface area contributed by atoms with Gasteiger partial charge in [-0.3, -0.25) is 19.2 Å². The van der Waals surface area contributed by atoms with Crippen LogP contribution >= 0.6 is 0 Å². The number of rotatable bonds is 5. The third-order valence-corrected chi connectivity index (χ3v) is 8.71. The predicted octanol–water partition coefficient (Wildman–Crippen LogP) is 1.70. The first-order chi connectivity index (χ1) is 19.5. The van der Waals surface area contributed by atoms with Crippen molar-refractivity contribution in [1.82, 2.24) is 20.4 Å². The van der Waals surface area contributed by atoms with Gasteiger partial charge >= 0.3 is 0 Å². The molecule has 1 heterocycles. The van der Waals surface area contributed by atoms with Gasteiger partial charge in [0.15, 0.2) is 0 Å². The number of phenols is 1. The molecule has 1 saturated heterocycles. The summed E-state index contributed by atoms with van der Waals surface area (Å²) in [5.41, 5.74) is 0.833. The Balaban J connectivity index is 1.74. The SMILES string of the molecule is C[C@@H]1[C@H](NC(=O)c2ccccc2O)C(=O)N[C@@H](Cc2ccccc2)[C@@H](O)[C@@H](C)C(=O)N(C)C(C2CCC2)C(=O)N1C. The van der Waals surface area contributed by atoms with E-state index < -0.39 is 48.0 Å². The van der Waals surface area contributed by atoms with Gasteiger partial charge in [-0.05, 0) is 49.8 Å². The van der Waals surface area contributed by atoms with Crippen LogP contribution in [0.3, 0.4) is 0 Å². The highest BCUT2D eigenvalue weighted by molar-refractivity contribution is 6.00. The van der Waals surface area contributed by atoms with E-state index in [-0.39, 0.29) is 35.5 Å². The maximum atomic E-state index is 13.9. The number of hydrogen-bond donors (Lipinski definition) is 4. The summed E-state index contributed by atoms with van der Waals surface area (Å²) in [5.74, 6) is -3.21. The van der Waals surface area contributed by atoms with Crippen molar-refractivity contribution >= 4 is 23.6 Å². The van der Waals surface area contributed by atoms with Crippen LogP contribution in [0.2, 0.25) is 0 Å². The van der Waals surface area contributed by atoms with Crippen molar-refractivity contribution in [1.29, 1.82) is 0 Å². The van der Waals surface area contributed by atoms with E-state index in [9.17, 15) is 29.4 Å². The van der Waals surface area contributed by atoms with Crippen LogP contribution in [0.5, 0.6) is 5.75 Å². The molecule has 4 amide bonds. The molecule has 1 saturated carbocycles. The molecule has 2 aromatic carbocycles. The number of carbonyl (C=O) groups excluding carboxylic acids is 4. The summed E-state index contributed by atoms with van der Waals surface area (Å²) >= 11 is 0. The lowest BCUT2D eigenvalue weighted by atomic mass is 9.78. The summed E-state index contributed by atoms with van der Waals surface area (Å²) in [4.78, 5) is 57.5. The fourth-order valence-corrected chi connectivity index (χ4v) is 5.71. The van der Waals surface area contributed by atoms with Gasteiger partial charge in [-0.1, -0.05) is 55.8 Å². The highest BCUT2D eigenvalue weighted by Gasteiger charge is 2.45. The number of aliphatic hydroxyl groups is 1. The van der Waals surface area contributed by atoms with Crippen LogP contribution in [-0.4, -0.2) is 88.0 Å². The molecule has 0 aromatic heterocycles. The van der Waals surface area contributed by atoms with Crippen LogP contribution in [0.25, 0.3) is 0 Å². The average Bonchev–Trinajstić information content (AvgIpc) is 2.94. The van der Waals surface area contributed by atoms with Crippen molar-refractivity contribution in [3.05, 3.63) is 65.7 Å². The van der Waals surface area contributed by atoms with Crippen molar-refractivity contribution in [2.45, 2.75) is 69.8 Å². The molecule has 2 aromatic rings. The number of aromatic hydroxyl groups is 1. The van der Waals surface area contributed by atoms with Crippen molar-refractivity contribution < 1.29 is 29.4 Å². The number of amides is 4. The molecule has 1 unspecified atom stereocenters. The number of likely N-dealkylation sites (N-methyl/N-ethyl adjacent to an activating group) is 2. The van der Waals surface area contributed by atoms with E-state index in [1.54, 1.807) is 40.1 Å². The number of phenolic OH excluding ortho intramolecular Hbond substituents is 1.